The van der Waals surface area contributed by atoms with Gasteiger partial charge in [0.25, 0.3) is 0 Å². The molecule has 0 fully saturated rings. The molecule has 1 amide bonds. The Hall–Kier alpha value is -4.06. The summed E-state index contributed by atoms with van der Waals surface area (Å²) in [7, 11) is 1.65. The van der Waals surface area contributed by atoms with E-state index >= 15 is 0 Å². The number of carbonyl (C=O) groups is 1. The second-order valence-electron chi connectivity index (χ2n) is 7.50. The first kappa shape index (κ1) is 18.9. The molecule has 0 aliphatic carbocycles. The molecule has 0 saturated carbocycles. The molecule has 31 heavy (non-hydrogen) atoms. The molecule has 5 aromatic rings. The van der Waals surface area contributed by atoms with Crippen molar-refractivity contribution in [3.8, 4) is 17.0 Å². The van der Waals surface area contributed by atoms with Crippen LogP contribution in [0.25, 0.3) is 27.8 Å². The first-order chi connectivity index (χ1) is 15.1. The van der Waals surface area contributed by atoms with Gasteiger partial charge in [0.05, 0.1) is 24.9 Å². The molecular formula is C25H22N4O2. The van der Waals surface area contributed by atoms with Crippen molar-refractivity contribution in [2.24, 2.45) is 0 Å². The minimum Gasteiger partial charge on any atom is -0.497 e. The molecule has 154 valence electrons. The first-order valence-electron chi connectivity index (χ1n) is 10.1. The van der Waals surface area contributed by atoms with E-state index in [0.717, 1.165) is 50.5 Å². The summed E-state index contributed by atoms with van der Waals surface area (Å²) in [5, 5.41) is 4.08. The fourth-order valence-corrected chi connectivity index (χ4v) is 3.91. The van der Waals surface area contributed by atoms with Crippen LogP contribution >= 0.6 is 0 Å². The summed E-state index contributed by atoms with van der Waals surface area (Å²) >= 11 is 0. The maximum absolute atomic E-state index is 12.7. The summed E-state index contributed by atoms with van der Waals surface area (Å²) in [6.45, 7) is 2.02. The Balaban J connectivity index is 1.39. The van der Waals surface area contributed by atoms with Crippen molar-refractivity contribution >= 4 is 28.1 Å². The van der Waals surface area contributed by atoms with Gasteiger partial charge in [0.2, 0.25) is 5.91 Å². The number of nitrogens with one attached hydrogen (secondary N) is 2. The minimum absolute atomic E-state index is 0.0581. The van der Waals surface area contributed by atoms with Crippen LogP contribution in [0.4, 0.5) is 5.69 Å². The lowest BCUT2D eigenvalue weighted by molar-refractivity contribution is -0.115. The number of hydrogen-bond donors (Lipinski definition) is 2. The van der Waals surface area contributed by atoms with Gasteiger partial charge in [0, 0.05) is 34.6 Å². The first-order valence-corrected chi connectivity index (χ1v) is 10.1. The van der Waals surface area contributed by atoms with Crippen LogP contribution in [0.3, 0.4) is 0 Å². The maximum atomic E-state index is 12.7. The monoisotopic (exact) mass is 410 g/mol. The minimum atomic E-state index is -0.0581. The molecule has 2 N–H and O–H groups in total. The molecule has 0 spiro atoms. The molecule has 0 aliphatic rings. The smallest absolute Gasteiger partial charge is 0.228 e. The van der Waals surface area contributed by atoms with Crippen molar-refractivity contribution in [1.29, 1.82) is 0 Å². The van der Waals surface area contributed by atoms with Crippen molar-refractivity contribution in [2.75, 3.05) is 12.4 Å². The van der Waals surface area contributed by atoms with Crippen LogP contribution in [-0.4, -0.2) is 27.4 Å². The lowest BCUT2D eigenvalue weighted by Gasteiger charge is -2.06. The van der Waals surface area contributed by atoms with E-state index < -0.39 is 0 Å². The van der Waals surface area contributed by atoms with E-state index in [1.165, 1.54) is 0 Å². The van der Waals surface area contributed by atoms with E-state index in [9.17, 15) is 4.79 Å². The second-order valence-corrected chi connectivity index (χ2v) is 7.50. The Morgan fingerprint density at radius 1 is 1.10 bits per heavy atom. The Kier molecular flexibility index (Phi) is 4.67. The lowest BCUT2D eigenvalue weighted by Crippen LogP contribution is -2.14. The molecule has 3 heterocycles. The normalized spacial score (nSPS) is 11.2. The third-order valence-corrected chi connectivity index (χ3v) is 5.53. The highest BCUT2D eigenvalue weighted by Gasteiger charge is 2.13. The topological polar surface area (TPSA) is 71.4 Å². The number of rotatable bonds is 5. The molecule has 6 heteroatoms. The van der Waals surface area contributed by atoms with Crippen LogP contribution in [0.15, 0.2) is 73.1 Å². The van der Waals surface area contributed by atoms with Crippen LogP contribution < -0.4 is 10.1 Å². The zero-order valence-electron chi connectivity index (χ0n) is 17.3. The number of imidazole rings is 1. The zero-order chi connectivity index (χ0) is 21.4. The molecule has 3 aromatic heterocycles. The van der Waals surface area contributed by atoms with Crippen LogP contribution in [0.2, 0.25) is 0 Å². The summed E-state index contributed by atoms with van der Waals surface area (Å²) in [6, 6.07) is 19.6. The number of methoxy groups -OCH3 is 1. The van der Waals surface area contributed by atoms with Gasteiger partial charge in [-0.25, -0.2) is 4.98 Å². The number of aromatic amines is 1. The number of benzene rings is 2. The van der Waals surface area contributed by atoms with Gasteiger partial charge in [-0.15, -0.1) is 0 Å². The molecule has 0 bridgehead atoms. The highest BCUT2D eigenvalue weighted by molar-refractivity contribution is 5.95. The van der Waals surface area contributed by atoms with Gasteiger partial charge in [0.15, 0.2) is 0 Å². The highest BCUT2D eigenvalue weighted by Crippen LogP contribution is 2.27. The van der Waals surface area contributed by atoms with Gasteiger partial charge in [-0.05, 0) is 55.0 Å². The average molecular weight is 410 g/mol. The number of anilines is 1. The largest absolute Gasteiger partial charge is 0.497 e. The summed E-state index contributed by atoms with van der Waals surface area (Å²) < 4.78 is 7.24. The van der Waals surface area contributed by atoms with Crippen molar-refractivity contribution in [3.63, 3.8) is 0 Å². The number of ether oxygens (including phenoxy) is 1. The standard InChI is InChI=1S/C25H22N4O2/c1-16-25(17-7-10-20(31-2)11-8-17)28-23-12-9-19(15-29(16)23)27-24(30)13-18-14-26-22-6-4-3-5-21(18)22/h3-12,14-15,26H,13H2,1-2H3,(H,27,30). The van der Waals surface area contributed by atoms with Gasteiger partial charge in [0.1, 0.15) is 11.4 Å². The molecule has 5 rings (SSSR count). The zero-order valence-corrected chi connectivity index (χ0v) is 17.3. The highest BCUT2D eigenvalue weighted by atomic mass is 16.5. The Morgan fingerprint density at radius 3 is 2.71 bits per heavy atom. The number of para-hydroxylation sites is 1. The van der Waals surface area contributed by atoms with Gasteiger partial charge in [-0.1, -0.05) is 18.2 Å². The molecule has 0 atom stereocenters. The van der Waals surface area contributed by atoms with E-state index in [4.69, 9.17) is 9.72 Å². The molecule has 0 saturated heterocycles. The number of nitrogens with zero attached hydrogens (tertiary/aromatic N) is 2. The lowest BCUT2D eigenvalue weighted by atomic mass is 10.1. The summed E-state index contributed by atoms with van der Waals surface area (Å²) in [4.78, 5) is 20.6. The number of H-pyrrole nitrogens is 1. The van der Waals surface area contributed by atoms with Crippen molar-refractivity contribution < 1.29 is 9.53 Å². The number of carbonyl (C=O) groups excluding carboxylic acids is 1. The fraction of sp³-hybridized carbons (Fsp3) is 0.120. The van der Waals surface area contributed by atoms with Crippen LogP contribution in [-0.2, 0) is 11.2 Å². The molecule has 0 unspecified atom stereocenters. The number of fused-ring (bicyclic) bond motifs is 2. The summed E-state index contributed by atoms with van der Waals surface area (Å²) in [5.74, 6) is 0.752. The van der Waals surface area contributed by atoms with E-state index in [-0.39, 0.29) is 5.91 Å². The fourth-order valence-electron chi connectivity index (χ4n) is 3.91. The molecular weight excluding hydrogens is 388 g/mol. The quantitative estimate of drug-likeness (QED) is 0.429. The number of aromatic nitrogens is 3. The number of aryl methyl sites for hydroxylation is 1. The van der Waals surface area contributed by atoms with Gasteiger partial charge in [-0.2, -0.15) is 0 Å². The SMILES string of the molecule is COc1ccc(-c2nc3ccc(NC(=O)Cc4c[nH]c5ccccc45)cn3c2C)cc1. The van der Waals surface area contributed by atoms with Crippen LogP contribution in [0.5, 0.6) is 5.75 Å². The summed E-state index contributed by atoms with van der Waals surface area (Å²) in [6.07, 6.45) is 4.12. The third-order valence-electron chi connectivity index (χ3n) is 5.53. The van der Waals surface area contributed by atoms with Gasteiger partial charge in [-0.3, -0.25) is 4.79 Å². The van der Waals surface area contributed by atoms with Crippen molar-refractivity contribution in [2.45, 2.75) is 13.3 Å². The van der Waals surface area contributed by atoms with Gasteiger partial charge >= 0.3 is 0 Å². The van der Waals surface area contributed by atoms with Crippen LogP contribution in [0.1, 0.15) is 11.3 Å². The number of hydrogen-bond acceptors (Lipinski definition) is 3. The Morgan fingerprint density at radius 2 is 1.90 bits per heavy atom. The average Bonchev–Trinajstić information content (AvgIpc) is 3.35. The van der Waals surface area contributed by atoms with Crippen molar-refractivity contribution in [1.82, 2.24) is 14.4 Å². The second kappa shape index (κ2) is 7.65. The Labute approximate surface area is 179 Å². The molecule has 6 nitrogen and oxygen atoms in total. The molecule has 0 radical (unpaired) electrons. The molecule has 0 aliphatic heterocycles. The van der Waals surface area contributed by atoms with Crippen molar-refractivity contribution in [3.05, 3.63) is 84.3 Å². The van der Waals surface area contributed by atoms with E-state index in [0.29, 0.717) is 6.42 Å². The van der Waals surface area contributed by atoms with Crippen LogP contribution in [0, 0.1) is 6.92 Å². The number of amides is 1. The van der Waals surface area contributed by atoms with E-state index in [2.05, 4.69) is 10.3 Å². The maximum Gasteiger partial charge on any atom is 0.228 e. The predicted octanol–water partition coefficient (Wildman–Crippen LogP) is 4.98. The van der Waals surface area contributed by atoms with Gasteiger partial charge < -0.3 is 19.4 Å². The Bertz CT molecular complexity index is 1400. The third kappa shape index (κ3) is 3.53. The predicted molar refractivity (Wildman–Crippen MR) is 123 cm³/mol. The van der Waals surface area contributed by atoms with E-state index in [1.54, 1.807) is 7.11 Å². The van der Waals surface area contributed by atoms with E-state index in [1.807, 2.05) is 84.4 Å². The molecule has 2 aromatic carbocycles. The summed E-state index contributed by atoms with van der Waals surface area (Å²) in [5.41, 5.74) is 6.52. The number of pyridine rings is 1.